The summed E-state index contributed by atoms with van der Waals surface area (Å²) in [5.74, 6) is -0.259. The molecule has 2 aliphatic rings. The molecule has 1 atom stereocenters. The van der Waals surface area contributed by atoms with E-state index in [9.17, 15) is 18.3 Å². The number of likely N-dealkylation sites (tertiary alicyclic amines) is 1. The summed E-state index contributed by atoms with van der Waals surface area (Å²) >= 11 is 0. The molecule has 2 saturated heterocycles. The highest BCUT2D eigenvalue weighted by Crippen LogP contribution is 2.28. The molecule has 27 heavy (non-hydrogen) atoms. The molecule has 0 aromatic carbocycles. The number of carbonyl (C=O) groups is 1. The summed E-state index contributed by atoms with van der Waals surface area (Å²) < 4.78 is 25.9. The van der Waals surface area contributed by atoms with Gasteiger partial charge in [-0.3, -0.25) is 4.72 Å². The number of aromatic carboxylic acids is 1. The van der Waals surface area contributed by atoms with Crippen LogP contribution >= 0.6 is 0 Å². The maximum Gasteiger partial charge on any atom is 0.339 e. The summed E-state index contributed by atoms with van der Waals surface area (Å²) in [6.45, 7) is 6.43. The molecule has 0 aliphatic carbocycles. The lowest BCUT2D eigenvalue weighted by atomic mass is 9.97. The normalized spacial score (nSPS) is 21.4. The zero-order valence-electron chi connectivity index (χ0n) is 15.7. The monoisotopic (exact) mass is 396 g/mol. The van der Waals surface area contributed by atoms with Gasteiger partial charge < -0.3 is 14.9 Å². The number of hydrogen-bond donors (Lipinski definition) is 2. The van der Waals surface area contributed by atoms with Gasteiger partial charge in [0.05, 0.1) is 17.6 Å². The first-order valence-corrected chi connectivity index (χ1v) is 11.2. The van der Waals surface area contributed by atoms with Gasteiger partial charge in [-0.2, -0.15) is 0 Å². The lowest BCUT2D eigenvalue weighted by molar-refractivity contribution is 0.0697. The number of nitrogens with one attached hydrogen (secondary N) is 1. The fourth-order valence-electron chi connectivity index (χ4n) is 3.91. The number of piperidine rings is 1. The molecular weight excluding hydrogens is 368 g/mol. The Morgan fingerprint density at radius 2 is 2.04 bits per heavy atom. The first kappa shape index (κ1) is 19.9. The second kappa shape index (κ2) is 8.43. The maximum absolute atomic E-state index is 11.8. The fraction of sp³-hybridized carbons (Fsp3) is 0.667. The van der Waals surface area contributed by atoms with Gasteiger partial charge in [-0.15, -0.1) is 0 Å². The summed E-state index contributed by atoms with van der Waals surface area (Å²) in [5.41, 5.74) is 0.219. The summed E-state index contributed by atoms with van der Waals surface area (Å²) in [6.07, 6.45) is 6.07. The number of sulfonamides is 1. The number of anilines is 2. The zero-order valence-corrected chi connectivity index (χ0v) is 16.5. The Morgan fingerprint density at radius 3 is 2.70 bits per heavy atom. The predicted octanol–water partition coefficient (Wildman–Crippen LogP) is 1.85. The molecule has 1 aromatic heterocycles. The van der Waals surface area contributed by atoms with E-state index in [4.69, 9.17) is 0 Å². The van der Waals surface area contributed by atoms with Gasteiger partial charge in [0.1, 0.15) is 11.4 Å². The van der Waals surface area contributed by atoms with Crippen LogP contribution in [0, 0.1) is 5.92 Å². The van der Waals surface area contributed by atoms with Gasteiger partial charge in [-0.05, 0) is 57.7 Å². The minimum Gasteiger partial charge on any atom is -0.478 e. The first-order valence-electron chi connectivity index (χ1n) is 9.59. The van der Waals surface area contributed by atoms with E-state index in [0.717, 1.165) is 45.6 Å². The second-order valence-electron chi connectivity index (χ2n) is 7.37. The number of pyridine rings is 1. The van der Waals surface area contributed by atoms with Crippen LogP contribution in [0.4, 0.5) is 11.5 Å². The van der Waals surface area contributed by atoms with E-state index < -0.39 is 16.0 Å². The Balaban J connectivity index is 1.76. The van der Waals surface area contributed by atoms with Crippen LogP contribution in [0.15, 0.2) is 12.3 Å². The smallest absolute Gasteiger partial charge is 0.339 e. The van der Waals surface area contributed by atoms with E-state index in [0.29, 0.717) is 11.7 Å². The summed E-state index contributed by atoms with van der Waals surface area (Å²) in [6, 6.07) is 1.36. The van der Waals surface area contributed by atoms with Crippen LogP contribution in [0.5, 0.6) is 0 Å². The van der Waals surface area contributed by atoms with Crippen molar-refractivity contribution in [1.82, 2.24) is 9.88 Å². The fourth-order valence-corrected chi connectivity index (χ4v) is 4.53. The first-order chi connectivity index (χ1) is 12.9. The highest BCUT2D eigenvalue weighted by Gasteiger charge is 2.27. The minimum atomic E-state index is -3.48. The van der Waals surface area contributed by atoms with Gasteiger partial charge in [0.15, 0.2) is 0 Å². The van der Waals surface area contributed by atoms with Crippen LogP contribution in [0.3, 0.4) is 0 Å². The Kier molecular flexibility index (Phi) is 6.21. The molecule has 9 heteroatoms. The molecule has 8 nitrogen and oxygen atoms in total. The number of hydrogen-bond acceptors (Lipinski definition) is 6. The maximum atomic E-state index is 11.8. The molecule has 1 aromatic rings. The van der Waals surface area contributed by atoms with Gasteiger partial charge in [0.25, 0.3) is 0 Å². The molecule has 150 valence electrons. The number of nitrogens with zero attached hydrogens (tertiary/aromatic N) is 3. The van der Waals surface area contributed by atoms with E-state index in [1.807, 2.05) is 4.90 Å². The van der Waals surface area contributed by atoms with Crippen LogP contribution in [0.2, 0.25) is 0 Å². The average molecular weight is 397 g/mol. The molecule has 0 spiro atoms. The van der Waals surface area contributed by atoms with E-state index in [2.05, 4.69) is 14.6 Å². The Hall–Kier alpha value is -1.87. The van der Waals surface area contributed by atoms with Gasteiger partial charge in [-0.1, -0.05) is 0 Å². The Bertz CT molecular complexity index is 778. The predicted molar refractivity (Wildman–Crippen MR) is 105 cm³/mol. The number of rotatable bonds is 7. The second-order valence-corrected chi connectivity index (χ2v) is 9.38. The Morgan fingerprint density at radius 1 is 1.30 bits per heavy atom. The zero-order chi connectivity index (χ0) is 19.4. The largest absolute Gasteiger partial charge is 0.478 e. The molecule has 2 fully saturated rings. The molecule has 0 unspecified atom stereocenters. The van der Waals surface area contributed by atoms with Crippen molar-refractivity contribution >= 4 is 27.5 Å². The third-order valence-electron chi connectivity index (χ3n) is 5.28. The van der Waals surface area contributed by atoms with E-state index in [1.54, 1.807) is 0 Å². The van der Waals surface area contributed by atoms with Gasteiger partial charge in [0.2, 0.25) is 10.0 Å². The van der Waals surface area contributed by atoms with Crippen LogP contribution in [-0.2, 0) is 10.0 Å². The van der Waals surface area contributed by atoms with Crippen LogP contribution in [0.1, 0.15) is 43.0 Å². The molecule has 0 amide bonds. The van der Waals surface area contributed by atoms with Gasteiger partial charge in [0, 0.05) is 19.6 Å². The third-order valence-corrected chi connectivity index (χ3v) is 6.59. The van der Waals surface area contributed by atoms with Crippen molar-refractivity contribution in [3.05, 3.63) is 17.8 Å². The van der Waals surface area contributed by atoms with Crippen molar-refractivity contribution < 1.29 is 18.3 Å². The van der Waals surface area contributed by atoms with E-state index >= 15 is 0 Å². The molecule has 0 saturated carbocycles. The van der Waals surface area contributed by atoms with Gasteiger partial charge >= 0.3 is 5.97 Å². The SMILES string of the molecule is CCS(=O)(=O)Nc1cnc(N2CCC[C@H](CN3CCCC3)C2)c(C(=O)O)c1. The van der Waals surface area contributed by atoms with Gasteiger partial charge in [-0.25, -0.2) is 18.2 Å². The van der Waals surface area contributed by atoms with Crippen molar-refractivity contribution in [2.24, 2.45) is 5.92 Å². The molecule has 0 radical (unpaired) electrons. The van der Waals surface area contributed by atoms with Crippen molar-refractivity contribution in [2.75, 3.05) is 48.1 Å². The van der Waals surface area contributed by atoms with Crippen LogP contribution < -0.4 is 9.62 Å². The van der Waals surface area contributed by atoms with Crippen molar-refractivity contribution in [1.29, 1.82) is 0 Å². The minimum absolute atomic E-state index is 0.0353. The average Bonchev–Trinajstić information content (AvgIpc) is 3.14. The molecule has 0 bridgehead atoms. The third kappa shape index (κ3) is 5.10. The summed E-state index contributed by atoms with van der Waals surface area (Å²) in [7, 11) is -3.48. The van der Waals surface area contributed by atoms with Crippen LogP contribution in [-0.4, -0.2) is 67.9 Å². The number of carboxylic acid groups (broad SMARTS) is 1. The highest BCUT2D eigenvalue weighted by atomic mass is 32.2. The highest BCUT2D eigenvalue weighted by molar-refractivity contribution is 7.92. The number of aromatic nitrogens is 1. The molecule has 2 aliphatic heterocycles. The standard InChI is InChI=1S/C18H28N4O4S/c1-2-27(25,26)20-15-10-16(18(23)24)17(19-11-15)22-9-5-6-14(13-22)12-21-7-3-4-8-21/h10-11,14,20H,2-9,12-13H2,1H3,(H,23,24)/t14-/m1/s1. The van der Waals surface area contributed by atoms with Crippen molar-refractivity contribution in [3.63, 3.8) is 0 Å². The van der Waals surface area contributed by atoms with E-state index in [1.165, 1.54) is 32.0 Å². The quantitative estimate of drug-likeness (QED) is 0.725. The number of carboxylic acids is 1. The van der Waals surface area contributed by atoms with E-state index in [-0.39, 0.29) is 17.0 Å². The lowest BCUT2D eigenvalue weighted by Gasteiger charge is -2.36. The molecule has 3 heterocycles. The summed E-state index contributed by atoms with van der Waals surface area (Å²) in [4.78, 5) is 20.6. The Labute approximate surface area is 160 Å². The van der Waals surface area contributed by atoms with Crippen molar-refractivity contribution in [2.45, 2.75) is 32.6 Å². The van der Waals surface area contributed by atoms with Crippen molar-refractivity contribution in [3.8, 4) is 0 Å². The molecule has 3 rings (SSSR count). The topological polar surface area (TPSA) is 103 Å². The molecule has 2 N–H and O–H groups in total. The summed E-state index contributed by atoms with van der Waals surface area (Å²) in [5, 5.41) is 9.62. The van der Waals surface area contributed by atoms with Crippen LogP contribution in [0.25, 0.3) is 0 Å². The molecular formula is C18H28N4O4S. The lowest BCUT2D eigenvalue weighted by Crippen LogP contribution is -2.41.